The topological polar surface area (TPSA) is 111 Å². The number of carbonyl (C=O) groups excluding carboxylic acids is 1. The molecule has 34 heavy (non-hydrogen) atoms. The lowest BCUT2D eigenvalue weighted by molar-refractivity contribution is -0.384. The second-order valence-corrected chi connectivity index (χ2v) is 7.84. The quantitative estimate of drug-likeness (QED) is 0.325. The van der Waals surface area contributed by atoms with Crippen LogP contribution in [0.2, 0.25) is 0 Å². The van der Waals surface area contributed by atoms with E-state index in [2.05, 4.69) is 15.1 Å². The predicted molar refractivity (Wildman–Crippen MR) is 125 cm³/mol. The van der Waals surface area contributed by atoms with Crippen molar-refractivity contribution < 1.29 is 19.2 Å². The number of rotatable bonds is 5. The highest BCUT2D eigenvalue weighted by molar-refractivity contribution is 5.92. The summed E-state index contributed by atoms with van der Waals surface area (Å²) >= 11 is 0. The molecule has 2 aromatic carbocycles. The number of nitro benzene ring substituents is 1. The summed E-state index contributed by atoms with van der Waals surface area (Å²) in [4.78, 5) is 26.7. The van der Waals surface area contributed by atoms with Crippen LogP contribution in [0.1, 0.15) is 5.56 Å². The molecule has 0 saturated carbocycles. The molecule has 1 fully saturated rings. The number of piperazine rings is 1. The second kappa shape index (κ2) is 9.18. The highest BCUT2D eigenvalue weighted by atomic mass is 16.7. The number of fused-ring (bicyclic) bond motifs is 1. The normalized spacial score (nSPS) is 15.1. The lowest BCUT2D eigenvalue weighted by atomic mass is 10.1. The third-order valence-electron chi connectivity index (χ3n) is 5.76. The zero-order valence-electron chi connectivity index (χ0n) is 18.2. The van der Waals surface area contributed by atoms with Gasteiger partial charge in [-0.15, -0.1) is 10.2 Å². The molecule has 0 aliphatic carbocycles. The van der Waals surface area contributed by atoms with Crippen molar-refractivity contribution in [3.05, 3.63) is 76.4 Å². The number of nitro groups is 1. The Morgan fingerprint density at radius 2 is 1.71 bits per heavy atom. The molecule has 3 heterocycles. The van der Waals surface area contributed by atoms with E-state index in [1.165, 1.54) is 18.2 Å². The Labute approximate surface area is 195 Å². The molecule has 10 heteroatoms. The SMILES string of the molecule is O=C(/C=C/c1ccc([N+](=O)[O-])cc1)N1CCN(c2ccc(-c3ccc4c(c3)OCO4)nn2)CC1. The monoisotopic (exact) mass is 459 g/mol. The number of amides is 1. The van der Waals surface area contributed by atoms with E-state index in [1.54, 1.807) is 23.1 Å². The number of carbonyl (C=O) groups is 1. The summed E-state index contributed by atoms with van der Waals surface area (Å²) in [5, 5.41) is 19.5. The van der Waals surface area contributed by atoms with Crippen LogP contribution < -0.4 is 14.4 Å². The number of anilines is 1. The minimum atomic E-state index is -0.451. The average molecular weight is 459 g/mol. The molecule has 0 bridgehead atoms. The number of hydrogen-bond donors (Lipinski definition) is 0. The van der Waals surface area contributed by atoms with Gasteiger partial charge < -0.3 is 19.3 Å². The van der Waals surface area contributed by atoms with Gasteiger partial charge in [0.25, 0.3) is 5.69 Å². The maximum Gasteiger partial charge on any atom is 0.269 e. The fourth-order valence-electron chi connectivity index (χ4n) is 3.84. The van der Waals surface area contributed by atoms with E-state index in [1.807, 2.05) is 30.3 Å². The number of ether oxygens (including phenoxy) is 2. The van der Waals surface area contributed by atoms with Gasteiger partial charge in [0.1, 0.15) is 0 Å². The van der Waals surface area contributed by atoms with Crippen LogP contribution in [0.4, 0.5) is 11.5 Å². The van der Waals surface area contributed by atoms with Crippen LogP contribution in [-0.4, -0.2) is 58.9 Å². The van der Waals surface area contributed by atoms with E-state index >= 15 is 0 Å². The third-order valence-corrected chi connectivity index (χ3v) is 5.76. The molecule has 1 saturated heterocycles. The van der Waals surface area contributed by atoms with Gasteiger partial charge in [-0.2, -0.15) is 0 Å². The van der Waals surface area contributed by atoms with Gasteiger partial charge in [-0.25, -0.2) is 0 Å². The molecule has 3 aromatic rings. The van der Waals surface area contributed by atoms with Crippen LogP contribution in [0, 0.1) is 10.1 Å². The molecule has 0 unspecified atom stereocenters. The Hall–Kier alpha value is -4.47. The number of benzene rings is 2. The first-order valence-corrected chi connectivity index (χ1v) is 10.8. The molecule has 5 rings (SSSR count). The number of hydrogen-bond acceptors (Lipinski definition) is 8. The first-order valence-electron chi connectivity index (χ1n) is 10.8. The minimum absolute atomic E-state index is 0.0200. The molecule has 0 radical (unpaired) electrons. The lowest BCUT2D eigenvalue weighted by Crippen LogP contribution is -2.48. The van der Waals surface area contributed by atoms with Gasteiger partial charge in [0, 0.05) is 50.0 Å². The Morgan fingerprint density at radius 3 is 2.41 bits per heavy atom. The van der Waals surface area contributed by atoms with Gasteiger partial charge in [-0.3, -0.25) is 14.9 Å². The van der Waals surface area contributed by atoms with Crippen molar-refractivity contribution in [1.29, 1.82) is 0 Å². The maximum absolute atomic E-state index is 12.5. The molecule has 2 aliphatic rings. The van der Waals surface area contributed by atoms with Gasteiger partial charge in [0.05, 0.1) is 10.6 Å². The smallest absolute Gasteiger partial charge is 0.269 e. The molecule has 0 N–H and O–H groups in total. The summed E-state index contributed by atoms with van der Waals surface area (Å²) in [5.41, 5.74) is 2.40. The summed E-state index contributed by atoms with van der Waals surface area (Å²) in [6.07, 6.45) is 3.16. The van der Waals surface area contributed by atoms with Crippen molar-refractivity contribution in [3.63, 3.8) is 0 Å². The highest BCUT2D eigenvalue weighted by Gasteiger charge is 2.21. The van der Waals surface area contributed by atoms with Gasteiger partial charge in [0.15, 0.2) is 17.3 Å². The van der Waals surface area contributed by atoms with Gasteiger partial charge in [-0.05, 0) is 54.1 Å². The van der Waals surface area contributed by atoms with Crippen LogP contribution in [0.3, 0.4) is 0 Å². The molecule has 1 aromatic heterocycles. The van der Waals surface area contributed by atoms with E-state index in [-0.39, 0.29) is 18.4 Å². The average Bonchev–Trinajstić information content (AvgIpc) is 3.36. The van der Waals surface area contributed by atoms with E-state index in [0.717, 1.165) is 28.4 Å². The Bertz CT molecular complexity index is 1240. The molecule has 10 nitrogen and oxygen atoms in total. The van der Waals surface area contributed by atoms with Crippen LogP contribution >= 0.6 is 0 Å². The van der Waals surface area contributed by atoms with Crippen molar-refractivity contribution in [2.24, 2.45) is 0 Å². The van der Waals surface area contributed by atoms with Crippen LogP contribution in [-0.2, 0) is 4.79 Å². The fourth-order valence-corrected chi connectivity index (χ4v) is 3.84. The standard InChI is InChI=1S/C24H21N5O5/c30-24(10-3-17-1-5-19(6-2-17)29(31)32)28-13-11-27(12-14-28)23-9-7-20(25-26-23)18-4-8-21-22(15-18)34-16-33-21/h1-10,15H,11-14,16H2/b10-3+. The molecule has 172 valence electrons. The summed E-state index contributed by atoms with van der Waals surface area (Å²) in [6, 6.07) is 15.6. The van der Waals surface area contributed by atoms with Gasteiger partial charge in [0.2, 0.25) is 12.7 Å². The molecule has 2 aliphatic heterocycles. The first kappa shape index (κ1) is 21.4. The summed E-state index contributed by atoms with van der Waals surface area (Å²) in [6.45, 7) is 2.65. The van der Waals surface area contributed by atoms with Crippen molar-refractivity contribution in [1.82, 2.24) is 15.1 Å². The number of aromatic nitrogens is 2. The molecular weight excluding hydrogens is 438 g/mol. The lowest BCUT2D eigenvalue weighted by Gasteiger charge is -2.34. The van der Waals surface area contributed by atoms with Gasteiger partial charge >= 0.3 is 0 Å². The maximum atomic E-state index is 12.5. The largest absolute Gasteiger partial charge is 0.454 e. The summed E-state index contributed by atoms with van der Waals surface area (Å²) in [5.74, 6) is 2.09. The van der Waals surface area contributed by atoms with Crippen LogP contribution in [0.15, 0.2) is 60.7 Å². The number of nitrogens with zero attached hydrogens (tertiary/aromatic N) is 5. The molecule has 0 atom stereocenters. The Balaban J connectivity index is 1.16. The van der Waals surface area contributed by atoms with Crippen molar-refractivity contribution in [2.75, 3.05) is 37.9 Å². The van der Waals surface area contributed by atoms with Crippen LogP contribution in [0.25, 0.3) is 17.3 Å². The van der Waals surface area contributed by atoms with Crippen LogP contribution in [0.5, 0.6) is 11.5 Å². The van der Waals surface area contributed by atoms with Crippen molar-refractivity contribution >= 4 is 23.5 Å². The van der Waals surface area contributed by atoms with E-state index in [9.17, 15) is 14.9 Å². The Morgan fingerprint density at radius 1 is 0.941 bits per heavy atom. The molecule has 0 spiro atoms. The molecule has 1 amide bonds. The van der Waals surface area contributed by atoms with E-state index in [0.29, 0.717) is 31.9 Å². The Kier molecular flexibility index (Phi) is 5.77. The zero-order valence-corrected chi connectivity index (χ0v) is 18.2. The highest BCUT2D eigenvalue weighted by Crippen LogP contribution is 2.35. The summed E-state index contributed by atoms with van der Waals surface area (Å²) < 4.78 is 10.8. The minimum Gasteiger partial charge on any atom is -0.454 e. The third kappa shape index (κ3) is 4.51. The van der Waals surface area contributed by atoms with Gasteiger partial charge in [-0.1, -0.05) is 0 Å². The van der Waals surface area contributed by atoms with Crippen molar-refractivity contribution in [3.8, 4) is 22.8 Å². The summed E-state index contributed by atoms with van der Waals surface area (Å²) in [7, 11) is 0. The number of non-ortho nitro benzene ring substituents is 1. The van der Waals surface area contributed by atoms with E-state index < -0.39 is 4.92 Å². The van der Waals surface area contributed by atoms with Crippen molar-refractivity contribution in [2.45, 2.75) is 0 Å². The zero-order chi connectivity index (χ0) is 23.5. The fraction of sp³-hybridized carbons (Fsp3) is 0.208. The second-order valence-electron chi connectivity index (χ2n) is 7.84. The predicted octanol–water partition coefficient (Wildman–Crippen LogP) is 3.14. The molecular formula is C24H21N5O5. The first-order chi connectivity index (χ1) is 16.6. The van der Waals surface area contributed by atoms with E-state index in [4.69, 9.17) is 9.47 Å².